The summed E-state index contributed by atoms with van der Waals surface area (Å²) in [7, 11) is 0. The monoisotopic (exact) mass is 601 g/mol. The first-order chi connectivity index (χ1) is 19.8. The Bertz CT molecular complexity index is 1870. The Balaban J connectivity index is 1.38. The fourth-order valence-electron chi connectivity index (χ4n) is 4.83. The number of benzene rings is 4. The summed E-state index contributed by atoms with van der Waals surface area (Å²) in [6.45, 7) is 1.59. The first-order valence-electron chi connectivity index (χ1n) is 12.6. The lowest BCUT2D eigenvalue weighted by Crippen LogP contribution is -2.29. The van der Waals surface area contributed by atoms with E-state index in [4.69, 9.17) is 11.6 Å². The van der Waals surface area contributed by atoms with E-state index in [1.807, 2.05) is 18.2 Å². The van der Waals surface area contributed by atoms with Gasteiger partial charge >= 0.3 is 5.91 Å². The molecule has 1 aromatic heterocycles. The van der Waals surface area contributed by atoms with Crippen LogP contribution < -0.4 is 4.90 Å². The molecule has 0 bridgehead atoms. The van der Waals surface area contributed by atoms with E-state index in [1.165, 1.54) is 40.1 Å². The Kier molecular flexibility index (Phi) is 7.33. The van der Waals surface area contributed by atoms with Crippen molar-refractivity contribution in [2.75, 3.05) is 4.90 Å². The van der Waals surface area contributed by atoms with Crippen molar-refractivity contribution in [1.82, 2.24) is 10.2 Å². The number of amides is 1. The van der Waals surface area contributed by atoms with E-state index in [9.17, 15) is 19.1 Å². The van der Waals surface area contributed by atoms with Gasteiger partial charge in [0.1, 0.15) is 11.6 Å². The number of anilines is 1. The highest BCUT2D eigenvalue weighted by molar-refractivity contribution is 8.00. The minimum atomic E-state index is -1.04. The van der Waals surface area contributed by atoms with Crippen molar-refractivity contribution >= 4 is 68.1 Å². The van der Waals surface area contributed by atoms with E-state index in [0.29, 0.717) is 26.2 Å². The number of nitrogens with zero attached hydrogens (tertiary/aromatic N) is 3. The maximum Gasteiger partial charge on any atom is 0.301 e. The van der Waals surface area contributed by atoms with Crippen LogP contribution in [0.5, 0.6) is 0 Å². The van der Waals surface area contributed by atoms with Crippen LogP contribution in [0.3, 0.4) is 0 Å². The van der Waals surface area contributed by atoms with E-state index in [2.05, 4.69) is 34.5 Å². The van der Waals surface area contributed by atoms with Gasteiger partial charge in [-0.3, -0.25) is 14.5 Å². The molecule has 6 nitrogen and oxygen atoms in total. The number of aryl methyl sites for hydroxylation is 1. The van der Waals surface area contributed by atoms with E-state index in [-0.39, 0.29) is 16.3 Å². The molecule has 1 amide bonds. The predicted molar refractivity (Wildman–Crippen MR) is 161 cm³/mol. The number of Topliss-reactive ketones (excluding diaryl/α,β-unsaturated/α-hetero) is 1. The number of halogens is 2. The molecule has 0 spiro atoms. The van der Waals surface area contributed by atoms with E-state index < -0.39 is 29.3 Å². The van der Waals surface area contributed by atoms with Gasteiger partial charge in [0.15, 0.2) is 4.34 Å². The highest BCUT2D eigenvalue weighted by atomic mass is 35.5. The number of ketones is 1. The van der Waals surface area contributed by atoms with Crippen LogP contribution in [0.4, 0.5) is 9.52 Å². The minimum Gasteiger partial charge on any atom is -0.507 e. The zero-order valence-corrected chi connectivity index (χ0v) is 23.9. The Morgan fingerprint density at radius 3 is 2.61 bits per heavy atom. The third kappa shape index (κ3) is 5.12. The quantitative estimate of drug-likeness (QED) is 0.0705. The van der Waals surface area contributed by atoms with Crippen molar-refractivity contribution in [3.63, 3.8) is 0 Å². The van der Waals surface area contributed by atoms with Crippen LogP contribution in [-0.4, -0.2) is 27.0 Å². The summed E-state index contributed by atoms with van der Waals surface area (Å²) >= 11 is 8.92. The molecular weight excluding hydrogens is 581 g/mol. The van der Waals surface area contributed by atoms with Gasteiger partial charge in [0.05, 0.1) is 11.6 Å². The number of thioether (sulfide) groups is 1. The molecule has 4 aromatic carbocycles. The molecular formula is C31H21ClFN3O3S2. The fraction of sp³-hybridized carbons (Fsp3) is 0.0968. The topological polar surface area (TPSA) is 83.4 Å². The second-order valence-electron chi connectivity index (χ2n) is 9.47. The lowest BCUT2D eigenvalue weighted by molar-refractivity contribution is -0.132. The van der Waals surface area contributed by atoms with Crippen LogP contribution in [-0.2, 0) is 15.3 Å². The third-order valence-corrected chi connectivity index (χ3v) is 9.23. The number of aliphatic hydroxyl groups excluding tert-OH is 1. The largest absolute Gasteiger partial charge is 0.507 e. The first-order valence-corrected chi connectivity index (χ1v) is 14.8. The Morgan fingerprint density at radius 1 is 1.02 bits per heavy atom. The molecule has 1 aliphatic heterocycles. The van der Waals surface area contributed by atoms with Gasteiger partial charge in [-0.15, -0.1) is 10.2 Å². The molecule has 1 unspecified atom stereocenters. The van der Waals surface area contributed by atoms with E-state index in [0.717, 1.165) is 22.4 Å². The van der Waals surface area contributed by atoms with E-state index in [1.54, 1.807) is 31.2 Å². The molecule has 0 radical (unpaired) electrons. The first kappa shape index (κ1) is 27.1. The normalized spacial score (nSPS) is 16.6. The fourth-order valence-corrected chi connectivity index (χ4v) is 6.90. The second kappa shape index (κ2) is 11.1. The molecule has 1 fully saturated rings. The van der Waals surface area contributed by atoms with Gasteiger partial charge in [0.25, 0.3) is 5.78 Å². The zero-order chi connectivity index (χ0) is 28.7. The smallest absolute Gasteiger partial charge is 0.301 e. The van der Waals surface area contributed by atoms with Crippen molar-refractivity contribution in [3.8, 4) is 0 Å². The molecule has 1 saturated heterocycles. The summed E-state index contributed by atoms with van der Waals surface area (Å²) < 4.78 is 15.0. The number of aromatic nitrogens is 2. The van der Waals surface area contributed by atoms with Gasteiger partial charge in [0, 0.05) is 16.3 Å². The average molecular weight is 602 g/mol. The molecule has 1 atom stereocenters. The van der Waals surface area contributed by atoms with Crippen molar-refractivity contribution < 1.29 is 19.1 Å². The molecule has 1 aliphatic rings. The summed E-state index contributed by atoms with van der Waals surface area (Å²) in [6.07, 6.45) is 0. The maximum absolute atomic E-state index is 14.4. The number of hydrogen-bond acceptors (Lipinski definition) is 7. The average Bonchev–Trinajstić information content (AvgIpc) is 3.54. The van der Waals surface area contributed by atoms with Crippen LogP contribution in [0.25, 0.3) is 16.5 Å². The minimum absolute atomic E-state index is 0.0849. The van der Waals surface area contributed by atoms with Crippen LogP contribution >= 0.6 is 34.7 Å². The van der Waals surface area contributed by atoms with Gasteiger partial charge < -0.3 is 5.11 Å². The molecule has 5 aromatic rings. The highest BCUT2D eigenvalue weighted by Crippen LogP contribution is 2.44. The molecule has 0 aliphatic carbocycles. The van der Waals surface area contributed by atoms with Crippen molar-refractivity contribution in [2.24, 2.45) is 0 Å². The van der Waals surface area contributed by atoms with Crippen molar-refractivity contribution in [3.05, 3.63) is 124 Å². The maximum atomic E-state index is 14.4. The third-order valence-electron chi connectivity index (χ3n) is 6.89. The van der Waals surface area contributed by atoms with Crippen LogP contribution in [0.1, 0.15) is 28.3 Å². The summed E-state index contributed by atoms with van der Waals surface area (Å²) in [4.78, 5) is 28.0. The van der Waals surface area contributed by atoms with Gasteiger partial charge in [-0.1, -0.05) is 101 Å². The Hall–Kier alpha value is -4.05. The standard InChI is InChI=1S/C31H21ClFN3O3S2/c1-17-12-13-20(15-24(17)33)27(37)25-26(19-8-5-10-22(32)14-19)36(29(39)28(25)38)30-34-35-31(41-30)40-16-21-9-4-7-18-6-2-3-11-23(18)21/h2-15,26,37H,16H2,1H3. The molecule has 10 heteroatoms. The number of carbonyl (C=O) groups is 2. The zero-order valence-electron chi connectivity index (χ0n) is 21.5. The van der Waals surface area contributed by atoms with Crippen molar-refractivity contribution in [1.29, 1.82) is 0 Å². The molecule has 204 valence electrons. The lowest BCUT2D eigenvalue weighted by atomic mass is 9.95. The second-order valence-corrected chi connectivity index (χ2v) is 12.1. The Labute approximate surface area is 248 Å². The summed E-state index contributed by atoms with van der Waals surface area (Å²) in [5, 5.41) is 22.6. The number of fused-ring (bicyclic) bond motifs is 1. The van der Waals surface area contributed by atoms with Gasteiger partial charge in [-0.05, 0) is 52.6 Å². The summed E-state index contributed by atoms with van der Waals surface area (Å²) in [5.74, 6) is -2.17. The van der Waals surface area contributed by atoms with Crippen molar-refractivity contribution in [2.45, 2.75) is 23.1 Å². The summed E-state index contributed by atoms with van der Waals surface area (Å²) in [6, 6.07) is 24.0. The molecule has 2 heterocycles. The SMILES string of the molecule is Cc1ccc(C(O)=C2C(=O)C(=O)N(c3nnc(SCc4cccc5ccccc45)s3)C2c2cccc(Cl)c2)cc1F. The van der Waals surface area contributed by atoms with Gasteiger partial charge in [-0.25, -0.2) is 4.39 Å². The van der Waals surface area contributed by atoms with Crippen LogP contribution in [0.2, 0.25) is 5.02 Å². The van der Waals surface area contributed by atoms with Gasteiger partial charge in [-0.2, -0.15) is 0 Å². The van der Waals surface area contributed by atoms with Crippen LogP contribution in [0.15, 0.2) is 94.8 Å². The number of aliphatic hydroxyl groups is 1. The molecule has 0 saturated carbocycles. The number of carbonyl (C=O) groups excluding carboxylic acids is 2. The van der Waals surface area contributed by atoms with E-state index >= 15 is 0 Å². The summed E-state index contributed by atoms with van der Waals surface area (Å²) in [5.41, 5.74) is 1.92. The predicted octanol–water partition coefficient (Wildman–Crippen LogP) is 7.71. The Morgan fingerprint density at radius 2 is 1.80 bits per heavy atom. The van der Waals surface area contributed by atoms with Crippen LogP contribution in [0, 0.1) is 12.7 Å². The number of rotatable bonds is 6. The number of hydrogen-bond donors (Lipinski definition) is 1. The molecule has 1 N–H and O–H groups in total. The molecule has 6 rings (SSSR count). The lowest BCUT2D eigenvalue weighted by Gasteiger charge is -2.22. The molecule has 41 heavy (non-hydrogen) atoms. The van der Waals surface area contributed by atoms with Gasteiger partial charge in [0.2, 0.25) is 5.13 Å². The highest BCUT2D eigenvalue weighted by Gasteiger charge is 2.48.